The highest BCUT2D eigenvalue weighted by molar-refractivity contribution is 6.35. The molecule has 0 bridgehead atoms. The average Bonchev–Trinajstić information content (AvgIpc) is 3.43. The predicted molar refractivity (Wildman–Crippen MR) is 138 cm³/mol. The van der Waals surface area contributed by atoms with Gasteiger partial charge in [-0.15, -0.1) is 0 Å². The molecule has 186 valence electrons. The molecule has 1 aliphatic carbocycles. The number of fused-ring (bicyclic) bond motifs is 2. The van der Waals surface area contributed by atoms with Crippen LogP contribution in [0.2, 0.25) is 10.0 Å². The Hall–Kier alpha value is -1.82. The molecule has 2 N–H and O–H groups in total. The van der Waals surface area contributed by atoms with E-state index in [-0.39, 0.29) is 6.61 Å². The number of aryl methyl sites for hydroxylation is 1. The highest BCUT2D eigenvalue weighted by Crippen LogP contribution is 2.38. The molecular formula is C27H36Cl2N2O3. The second-order valence-corrected chi connectivity index (χ2v) is 9.92. The smallest absolute Gasteiger partial charge is 0.314 e. The van der Waals surface area contributed by atoms with Crippen molar-refractivity contribution >= 4 is 29.2 Å². The zero-order chi connectivity index (χ0) is 24.3. The number of hydrogen-bond donors (Lipinski definition) is 2. The first kappa shape index (κ1) is 26.8. The first-order chi connectivity index (χ1) is 16.5. The van der Waals surface area contributed by atoms with Gasteiger partial charge in [0.15, 0.2) is 0 Å². The van der Waals surface area contributed by atoms with Crippen LogP contribution in [-0.2, 0) is 11.2 Å². The van der Waals surface area contributed by atoms with E-state index in [1.54, 1.807) is 18.3 Å². The van der Waals surface area contributed by atoms with Gasteiger partial charge in [0.1, 0.15) is 12.5 Å². The monoisotopic (exact) mass is 506 g/mol. The van der Waals surface area contributed by atoms with Crippen LogP contribution in [0.3, 0.4) is 0 Å². The van der Waals surface area contributed by atoms with Gasteiger partial charge in [-0.1, -0.05) is 81.1 Å². The number of carboxylic acids is 1. The molecular weight excluding hydrogens is 471 g/mol. The summed E-state index contributed by atoms with van der Waals surface area (Å²) in [7, 11) is 0. The summed E-state index contributed by atoms with van der Waals surface area (Å²) in [5.41, 5.74) is 3.28. The lowest BCUT2D eigenvalue weighted by Crippen LogP contribution is -2.20. The summed E-state index contributed by atoms with van der Waals surface area (Å²) in [6.07, 6.45) is 14.8. The van der Waals surface area contributed by atoms with Crippen molar-refractivity contribution in [1.82, 2.24) is 10.3 Å². The molecule has 2 aliphatic rings. The molecule has 0 radical (unpaired) electrons. The number of carboxylic acid groups (broad SMARTS) is 1. The number of nitrogens with zero attached hydrogens (tertiary/aromatic N) is 1. The van der Waals surface area contributed by atoms with Crippen LogP contribution in [0.25, 0.3) is 0 Å². The Morgan fingerprint density at radius 3 is 2.62 bits per heavy atom. The Labute approximate surface area is 213 Å². The van der Waals surface area contributed by atoms with Gasteiger partial charge in [-0.25, -0.2) is 4.98 Å². The molecule has 0 fully saturated rings. The molecule has 1 aromatic carbocycles. The van der Waals surface area contributed by atoms with E-state index in [1.165, 1.54) is 62.5 Å². The normalized spacial score (nSPS) is 18.0. The van der Waals surface area contributed by atoms with Crippen LogP contribution in [0.1, 0.15) is 93.4 Å². The highest BCUT2D eigenvalue weighted by Gasteiger charge is 2.30. The van der Waals surface area contributed by atoms with Gasteiger partial charge < -0.3 is 15.2 Å². The Morgan fingerprint density at radius 2 is 1.88 bits per heavy atom. The molecule has 2 heterocycles. The van der Waals surface area contributed by atoms with Crippen LogP contribution >= 0.6 is 23.2 Å². The van der Waals surface area contributed by atoms with E-state index < -0.39 is 11.9 Å². The largest absolute Gasteiger partial charge is 0.481 e. The number of carbonyl (C=O) groups is 1. The van der Waals surface area contributed by atoms with Crippen molar-refractivity contribution in [2.75, 3.05) is 13.2 Å². The maximum absolute atomic E-state index is 10.7. The Balaban J connectivity index is 0.000000226. The number of nitrogens with one attached hydrogen (secondary N) is 1. The van der Waals surface area contributed by atoms with E-state index >= 15 is 0 Å². The number of aromatic nitrogens is 1. The van der Waals surface area contributed by atoms with Gasteiger partial charge in [-0.05, 0) is 55.1 Å². The van der Waals surface area contributed by atoms with Gasteiger partial charge in [0, 0.05) is 27.8 Å². The number of halogens is 2. The molecule has 4 rings (SSSR count). The third-order valence-corrected chi connectivity index (χ3v) is 7.04. The highest BCUT2D eigenvalue weighted by atomic mass is 35.5. The van der Waals surface area contributed by atoms with Crippen molar-refractivity contribution < 1.29 is 14.6 Å². The zero-order valence-corrected chi connectivity index (χ0v) is 21.5. The van der Waals surface area contributed by atoms with Gasteiger partial charge in [0.25, 0.3) is 0 Å². The topological polar surface area (TPSA) is 71.5 Å². The first-order valence-electron chi connectivity index (χ1n) is 12.5. The number of aliphatic carboxylic acids is 1. The second-order valence-electron chi connectivity index (χ2n) is 9.08. The third-order valence-electron chi connectivity index (χ3n) is 6.51. The fraction of sp³-hybridized carbons (Fsp3) is 0.556. The third kappa shape index (κ3) is 7.59. The Bertz CT molecular complexity index is 938. The standard InChI is InChI=1S/C19H29Cl2N.C8H7NO3/c1-2-3-4-5-6-7-8-9-12-22-18-11-10-15-13-16(20)14-17(21)19(15)18;10-8(11)6-4-12-7-5(6)2-1-3-9-7/h13-14,18,22H,2-12H2,1H3;1-3,6H,4H2,(H,10,11)/t18-;/m0./s1. The van der Waals surface area contributed by atoms with Gasteiger partial charge in [-0.3, -0.25) is 4.79 Å². The van der Waals surface area contributed by atoms with Crippen LogP contribution in [0.5, 0.6) is 5.88 Å². The number of unbranched alkanes of at least 4 members (excludes halogenated alkanes) is 7. The minimum atomic E-state index is -0.859. The summed E-state index contributed by atoms with van der Waals surface area (Å²) in [6.45, 7) is 3.56. The van der Waals surface area contributed by atoms with E-state index in [0.29, 0.717) is 17.5 Å². The molecule has 34 heavy (non-hydrogen) atoms. The Kier molecular flexibility index (Phi) is 11.0. The summed E-state index contributed by atoms with van der Waals surface area (Å²) < 4.78 is 5.08. The summed E-state index contributed by atoms with van der Waals surface area (Å²) >= 11 is 12.4. The van der Waals surface area contributed by atoms with Crippen molar-refractivity contribution in [3.63, 3.8) is 0 Å². The number of benzene rings is 1. The van der Waals surface area contributed by atoms with Crippen LogP contribution in [0, 0.1) is 0 Å². The lowest BCUT2D eigenvalue weighted by molar-refractivity contribution is -0.138. The molecule has 5 nitrogen and oxygen atoms in total. The summed E-state index contributed by atoms with van der Waals surface area (Å²) in [6, 6.07) is 7.81. The van der Waals surface area contributed by atoms with Crippen LogP contribution in [0.15, 0.2) is 30.5 Å². The maximum Gasteiger partial charge on any atom is 0.314 e. The van der Waals surface area contributed by atoms with Crippen molar-refractivity contribution in [1.29, 1.82) is 0 Å². The van der Waals surface area contributed by atoms with Crippen molar-refractivity contribution in [3.8, 4) is 5.88 Å². The molecule has 0 saturated carbocycles. The molecule has 7 heteroatoms. The van der Waals surface area contributed by atoms with E-state index in [9.17, 15) is 4.79 Å². The number of pyridine rings is 1. The minimum Gasteiger partial charge on any atom is -0.481 e. The van der Waals surface area contributed by atoms with Gasteiger partial charge in [0.2, 0.25) is 5.88 Å². The molecule has 2 aromatic rings. The number of rotatable bonds is 11. The SMILES string of the molecule is CCCCCCCCCCN[C@H]1CCc2cc(Cl)cc(Cl)c21.O=C(O)C1COc2ncccc21. The first-order valence-corrected chi connectivity index (χ1v) is 13.3. The molecule has 1 aromatic heterocycles. The van der Waals surface area contributed by atoms with Gasteiger partial charge >= 0.3 is 5.97 Å². The van der Waals surface area contributed by atoms with E-state index in [2.05, 4.69) is 23.3 Å². The lowest BCUT2D eigenvalue weighted by atomic mass is 10.0. The number of hydrogen-bond acceptors (Lipinski definition) is 4. The molecule has 0 amide bonds. The molecule has 0 saturated heterocycles. The molecule has 2 atom stereocenters. The molecule has 1 aliphatic heterocycles. The second kappa shape index (κ2) is 13.9. The van der Waals surface area contributed by atoms with Crippen LogP contribution in [0.4, 0.5) is 0 Å². The average molecular weight is 508 g/mol. The minimum absolute atomic E-state index is 0.196. The van der Waals surface area contributed by atoms with Crippen molar-refractivity contribution in [2.24, 2.45) is 0 Å². The summed E-state index contributed by atoms with van der Waals surface area (Å²) in [5.74, 6) is -0.958. The summed E-state index contributed by atoms with van der Waals surface area (Å²) in [5, 5.41) is 14.0. The predicted octanol–water partition coefficient (Wildman–Crippen LogP) is 7.35. The summed E-state index contributed by atoms with van der Waals surface area (Å²) in [4.78, 5) is 14.6. The fourth-order valence-corrected chi connectivity index (χ4v) is 5.33. The van der Waals surface area contributed by atoms with Gasteiger partial charge in [0.05, 0.1) is 0 Å². The van der Waals surface area contributed by atoms with Crippen molar-refractivity contribution in [2.45, 2.75) is 83.1 Å². The maximum atomic E-state index is 10.7. The molecule has 0 spiro atoms. The van der Waals surface area contributed by atoms with Crippen LogP contribution in [-0.4, -0.2) is 29.2 Å². The van der Waals surface area contributed by atoms with E-state index in [4.69, 9.17) is 33.0 Å². The quantitative estimate of drug-likeness (QED) is 0.311. The van der Waals surface area contributed by atoms with Gasteiger partial charge in [-0.2, -0.15) is 0 Å². The number of ether oxygens (including phenoxy) is 1. The zero-order valence-electron chi connectivity index (χ0n) is 20.0. The van der Waals surface area contributed by atoms with Crippen LogP contribution < -0.4 is 10.1 Å². The van der Waals surface area contributed by atoms with E-state index in [1.807, 2.05) is 6.07 Å². The fourth-order valence-electron chi connectivity index (χ4n) is 4.66. The van der Waals surface area contributed by atoms with Crippen molar-refractivity contribution in [3.05, 3.63) is 57.2 Å². The lowest BCUT2D eigenvalue weighted by Gasteiger charge is -2.15. The molecule has 1 unspecified atom stereocenters. The van der Waals surface area contributed by atoms with E-state index in [0.717, 1.165) is 29.4 Å². The Morgan fingerprint density at radius 1 is 1.15 bits per heavy atom.